The number of hydrogen-bond acceptors (Lipinski definition) is 5. The van der Waals surface area contributed by atoms with Crippen LogP contribution in [-0.2, 0) is 24.5 Å². The van der Waals surface area contributed by atoms with Gasteiger partial charge in [0.05, 0.1) is 0 Å². The molecule has 3 atom stereocenters. The number of carbonyl (C=O) groups excluding carboxylic acids is 4. The second-order valence-electron chi connectivity index (χ2n) is 12.4. The molecule has 0 aromatic heterocycles. The fourth-order valence-electron chi connectivity index (χ4n) is 4.94. The lowest BCUT2D eigenvalue weighted by atomic mass is 9.80. The van der Waals surface area contributed by atoms with Crippen LogP contribution in [0.1, 0.15) is 61.0 Å². The standard InChI is InChI=1S/C31H40F2N4O5/c1-17(2)23(34-26(38)18(3)36(9)29(41)42-30(4,5)6)28(40)37-22-16-11-10-13-19(22)31(7,8)25(37)27(39)35-24-20(32)14-12-15-21(24)33/h10-18,23,25H,1-9H3,(H,34,38)(H,35,39)/t18-,23-,25-/m0/s1. The number of nitrogens with one attached hydrogen (secondary N) is 2. The maximum Gasteiger partial charge on any atom is 0.410 e. The van der Waals surface area contributed by atoms with Gasteiger partial charge in [0.25, 0.3) is 5.91 Å². The molecule has 0 radical (unpaired) electrons. The maximum absolute atomic E-state index is 14.5. The van der Waals surface area contributed by atoms with E-state index < -0.39 is 76.2 Å². The van der Waals surface area contributed by atoms with Crippen LogP contribution in [0.25, 0.3) is 0 Å². The molecule has 2 aromatic carbocycles. The predicted molar refractivity (Wildman–Crippen MR) is 156 cm³/mol. The fraction of sp³-hybridized carbons (Fsp3) is 0.484. The first-order chi connectivity index (χ1) is 19.4. The molecule has 2 aromatic rings. The quantitative estimate of drug-likeness (QED) is 0.475. The fourth-order valence-corrected chi connectivity index (χ4v) is 4.94. The van der Waals surface area contributed by atoms with Gasteiger partial charge >= 0.3 is 6.09 Å². The van der Waals surface area contributed by atoms with Crippen molar-refractivity contribution in [3.63, 3.8) is 0 Å². The molecule has 0 fully saturated rings. The molecule has 11 heteroatoms. The number of carbonyl (C=O) groups is 4. The third-order valence-corrected chi connectivity index (χ3v) is 7.37. The van der Waals surface area contributed by atoms with Gasteiger partial charge in [-0.2, -0.15) is 0 Å². The molecule has 2 N–H and O–H groups in total. The van der Waals surface area contributed by atoms with E-state index in [4.69, 9.17) is 4.74 Å². The summed E-state index contributed by atoms with van der Waals surface area (Å²) in [5.41, 5.74) is -1.22. The molecule has 0 saturated carbocycles. The topological polar surface area (TPSA) is 108 Å². The Hall–Kier alpha value is -4.02. The molecular weight excluding hydrogens is 546 g/mol. The third-order valence-electron chi connectivity index (χ3n) is 7.37. The second kappa shape index (κ2) is 12.1. The van der Waals surface area contributed by atoms with Gasteiger partial charge in [-0.3, -0.25) is 24.2 Å². The molecule has 228 valence electrons. The Balaban J connectivity index is 1.96. The first-order valence-corrected chi connectivity index (χ1v) is 13.8. The summed E-state index contributed by atoms with van der Waals surface area (Å²) in [4.78, 5) is 56.3. The van der Waals surface area contributed by atoms with Gasteiger partial charge in [-0.05, 0) is 57.4 Å². The Morgan fingerprint density at radius 1 is 0.976 bits per heavy atom. The van der Waals surface area contributed by atoms with E-state index in [2.05, 4.69) is 10.6 Å². The van der Waals surface area contributed by atoms with Gasteiger partial charge in [0.1, 0.15) is 41.0 Å². The first-order valence-electron chi connectivity index (χ1n) is 13.8. The van der Waals surface area contributed by atoms with Gasteiger partial charge in [0.15, 0.2) is 0 Å². The molecule has 42 heavy (non-hydrogen) atoms. The Bertz CT molecular complexity index is 1350. The van der Waals surface area contributed by atoms with Crippen LogP contribution in [0.15, 0.2) is 42.5 Å². The summed E-state index contributed by atoms with van der Waals surface area (Å²) in [6.07, 6.45) is -0.704. The smallest absolute Gasteiger partial charge is 0.410 e. The molecule has 3 rings (SSSR count). The number of halogens is 2. The van der Waals surface area contributed by atoms with Crippen molar-refractivity contribution in [1.82, 2.24) is 10.2 Å². The van der Waals surface area contributed by atoms with Gasteiger partial charge in [0, 0.05) is 18.2 Å². The normalized spacial score (nSPS) is 17.2. The zero-order valence-corrected chi connectivity index (χ0v) is 25.5. The van der Waals surface area contributed by atoms with Crippen molar-refractivity contribution in [3.05, 3.63) is 59.7 Å². The highest BCUT2D eigenvalue weighted by molar-refractivity contribution is 6.11. The van der Waals surface area contributed by atoms with Gasteiger partial charge in [-0.15, -0.1) is 0 Å². The minimum atomic E-state index is -1.21. The summed E-state index contributed by atoms with van der Waals surface area (Å²) in [6, 6.07) is 6.89. The van der Waals surface area contributed by atoms with Crippen molar-refractivity contribution < 1.29 is 32.7 Å². The lowest BCUT2D eigenvalue weighted by molar-refractivity contribution is -0.132. The van der Waals surface area contributed by atoms with Gasteiger partial charge in [-0.25, -0.2) is 13.6 Å². The summed E-state index contributed by atoms with van der Waals surface area (Å²) in [5, 5.41) is 5.09. The van der Waals surface area contributed by atoms with Crippen LogP contribution in [0.3, 0.4) is 0 Å². The molecule has 1 heterocycles. The molecular formula is C31H40F2N4O5. The van der Waals surface area contributed by atoms with Crippen LogP contribution in [0.2, 0.25) is 0 Å². The van der Waals surface area contributed by atoms with Crippen molar-refractivity contribution >= 4 is 35.2 Å². The Labute approximate surface area is 245 Å². The number of amides is 4. The van der Waals surface area contributed by atoms with E-state index in [1.54, 1.807) is 72.7 Å². The van der Waals surface area contributed by atoms with Crippen LogP contribution in [0, 0.1) is 17.6 Å². The molecule has 4 amide bonds. The number of anilines is 2. The summed E-state index contributed by atoms with van der Waals surface area (Å²) < 4.78 is 34.3. The Morgan fingerprint density at radius 2 is 1.55 bits per heavy atom. The monoisotopic (exact) mass is 586 g/mol. The average molecular weight is 587 g/mol. The van der Waals surface area contributed by atoms with Crippen molar-refractivity contribution in [3.8, 4) is 0 Å². The van der Waals surface area contributed by atoms with Crippen LogP contribution in [0.5, 0.6) is 0 Å². The highest BCUT2D eigenvalue weighted by Crippen LogP contribution is 2.46. The van der Waals surface area contributed by atoms with Crippen molar-refractivity contribution in [1.29, 1.82) is 0 Å². The van der Waals surface area contributed by atoms with E-state index in [0.29, 0.717) is 11.3 Å². The number of benzene rings is 2. The van der Waals surface area contributed by atoms with E-state index in [9.17, 15) is 28.0 Å². The number of likely N-dealkylation sites (N-methyl/N-ethyl adjacent to an activating group) is 1. The Kier molecular flexibility index (Phi) is 9.34. The van der Waals surface area contributed by atoms with E-state index in [1.807, 2.05) is 0 Å². The number of ether oxygens (including phenoxy) is 1. The minimum Gasteiger partial charge on any atom is -0.444 e. The van der Waals surface area contributed by atoms with Crippen LogP contribution >= 0.6 is 0 Å². The van der Waals surface area contributed by atoms with E-state index in [1.165, 1.54) is 24.9 Å². The molecule has 0 saturated heterocycles. The van der Waals surface area contributed by atoms with Crippen molar-refractivity contribution in [2.24, 2.45) is 5.92 Å². The maximum atomic E-state index is 14.5. The van der Waals surface area contributed by atoms with Gasteiger partial charge in [0.2, 0.25) is 11.8 Å². The summed E-state index contributed by atoms with van der Waals surface area (Å²) >= 11 is 0. The lowest BCUT2D eigenvalue weighted by Gasteiger charge is -2.35. The lowest BCUT2D eigenvalue weighted by Crippen LogP contribution is -2.60. The largest absolute Gasteiger partial charge is 0.444 e. The first kappa shape index (κ1) is 32.5. The number of hydrogen-bond donors (Lipinski definition) is 2. The molecule has 0 unspecified atom stereocenters. The van der Waals surface area contributed by atoms with Crippen LogP contribution < -0.4 is 15.5 Å². The highest BCUT2D eigenvalue weighted by Gasteiger charge is 2.52. The zero-order chi connectivity index (χ0) is 31.7. The van der Waals surface area contributed by atoms with E-state index in [0.717, 1.165) is 17.0 Å². The SMILES string of the molecule is CC(C)[C@H](NC(=O)[C@H](C)N(C)C(=O)OC(C)(C)C)C(=O)N1c2ccccc2C(C)(C)[C@@H]1C(=O)Nc1c(F)cccc1F. The van der Waals surface area contributed by atoms with Gasteiger partial charge < -0.3 is 15.4 Å². The molecule has 0 aliphatic carbocycles. The van der Waals surface area contributed by atoms with Crippen molar-refractivity contribution in [2.75, 3.05) is 17.3 Å². The van der Waals surface area contributed by atoms with Crippen molar-refractivity contribution in [2.45, 2.75) is 84.5 Å². The number of fused-ring (bicyclic) bond motifs is 1. The second-order valence-corrected chi connectivity index (χ2v) is 12.4. The predicted octanol–water partition coefficient (Wildman–Crippen LogP) is 4.99. The third kappa shape index (κ3) is 6.55. The average Bonchev–Trinajstić information content (AvgIpc) is 3.13. The highest BCUT2D eigenvalue weighted by atomic mass is 19.1. The minimum absolute atomic E-state index is 0.427. The number of rotatable bonds is 7. The summed E-state index contributed by atoms with van der Waals surface area (Å²) in [7, 11) is 1.42. The van der Waals surface area contributed by atoms with E-state index >= 15 is 0 Å². The zero-order valence-electron chi connectivity index (χ0n) is 25.5. The summed E-state index contributed by atoms with van der Waals surface area (Å²) in [5.74, 6) is -4.31. The number of para-hydroxylation sites is 2. The molecule has 1 aliphatic heterocycles. The van der Waals surface area contributed by atoms with Gasteiger partial charge in [-0.1, -0.05) is 52.0 Å². The molecule has 1 aliphatic rings. The molecule has 9 nitrogen and oxygen atoms in total. The Morgan fingerprint density at radius 3 is 2.10 bits per heavy atom. The number of nitrogens with zero attached hydrogens (tertiary/aromatic N) is 2. The molecule has 0 bridgehead atoms. The molecule has 0 spiro atoms. The van der Waals surface area contributed by atoms with Crippen LogP contribution in [-0.4, -0.2) is 59.5 Å². The summed E-state index contributed by atoms with van der Waals surface area (Å²) in [6.45, 7) is 13.6. The van der Waals surface area contributed by atoms with Crippen LogP contribution in [0.4, 0.5) is 25.0 Å². The van der Waals surface area contributed by atoms with E-state index in [-0.39, 0.29) is 0 Å².